The van der Waals surface area contributed by atoms with Gasteiger partial charge in [0.25, 0.3) is 11.8 Å². The van der Waals surface area contributed by atoms with E-state index in [0.29, 0.717) is 11.1 Å². The van der Waals surface area contributed by atoms with Gasteiger partial charge in [-0.2, -0.15) is 5.10 Å². The molecule has 2 aromatic carbocycles. The number of nitrogens with zero attached hydrogens (tertiary/aromatic N) is 2. The molecule has 2 aromatic rings. The molecule has 25 heavy (non-hydrogen) atoms. The molecule has 0 saturated carbocycles. The third-order valence-corrected chi connectivity index (χ3v) is 4.01. The summed E-state index contributed by atoms with van der Waals surface area (Å²) in [4.78, 5) is 24.2. The molecule has 0 atom stereocenters. The maximum atomic E-state index is 12.2. The Morgan fingerprint density at radius 1 is 0.880 bits per heavy atom. The molecule has 1 aliphatic rings. The maximum Gasteiger partial charge on any atom is 0.269 e. The van der Waals surface area contributed by atoms with Crippen LogP contribution in [-0.4, -0.2) is 24.1 Å². The molecule has 0 spiro atoms. The van der Waals surface area contributed by atoms with Crippen LogP contribution in [-0.2, 0) is 0 Å². The highest BCUT2D eigenvalue weighted by atomic mass is 16.2. The van der Waals surface area contributed by atoms with Crippen LogP contribution in [0.5, 0.6) is 0 Å². The van der Waals surface area contributed by atoms with Crippen LogP contribution in [0, 0.1) is 6.92 Å². The molecule has 1 heterocycles. The number of carbonyl (C=O) groups excluding carboxylic acids is 2. The standard InChI is InChI=1S/C19H20N4O2/c1-13-3-5-15(6-4-13)18(24)20-21-19(25)16-7-9-17(10-8-16)23-12-11-14(2)22-23/h3-10H,11-12H2,1-2H3,(H,20,24)(H,21,25). The van der Waals surface area contributed by atoms with E-state index < -0.39 is 0 Å². The van der Waals surface area contributed by atoms with Gasteiger partial charge in [-0.05, 0) is 50.2 Å². The second-order valence-electron chi connectivity index (χ2n) is 6.03. The number of hydrazone groups is 1. The lowest BCUT2D eigenvalue weighted by molar-refractivity contribution is 0.0846. The van der Waals surface area contributed by atoms with Gasteiger partial charge in [-0.1, -0.05) is 17.7 Å². The molecule has 6 nitrogen and oxygen atoms in total. The molecule has 2 amide bonds. The van der Waals surface area contributed by atoms with Gasteiger partial charge in [0.15, 0.2) is 0 Å². The van der Waals surface area contributed by atoms with Gasteiger partial charge in [0.1, 0.15) is 0 Å². The molecule has 1 aliphatic heterocycles. The summed E-state index contributed by atoms with van der Waals surface area (Å²) in [5.74, 6) is -0.722. The number of anilines is 1. The normalized spacial score (nSPS) is 13.4. The van der Waals surface area contributed by atoms with E-state index in [9.17, 15) is 9.59 Å². The van der Waals surface area contributed by atoms with Crippen LogP contribution >= 0.6 is 0 Å². The fourth-order valence-electron chi connectivity index (χ4n) is 2.51. The first-order valence-electron chi connectivity index (χ1n) is 8.12. The molecule has 0 saturated heterocycles. The lowest BCUT2D eigenvalue weighted by atomic mass is 10.1. The van der Waals surface area contributed by atoms with Crippen LogP contribution in [0.3, 0.4) is 0 Å². The van der Waals surface area contributed by atoms with Crippen molar-refractivity contribution in [1.82, 2.24) is 10.9 Å². The Balaban J connectivity index is 1.58. The summed E-state index contributed by atoms with van der Waals surface area (Å²) in [5, 5.41) is 6.34. The summed E-state index contributed by atoms with van der Waals surface area (Å²) in [7, 11) is 0. The SMILES string of the molecule is CC1=NN(c2ccc(C(=O)NNC(=O)c3ccc(C)cc3)cc2)CC1. The molecular weight excluding hydrogens is 316 g/mol. The molecule has 6 heteroatoms. The van der Waals surface area contributed by atoms with E-state index >= 15 is 0 Å². The second kappa shape index (κ2) is 7.17. The third kappa shape index (κ3) is 4.03. The molecule has 0 bridgehead atoms. The molecule has 2 N–H and O–H groups in total. The van der Waals surface area contributed by atoms with Crippen molar-refractivity contribution in [2.75, 3.05) is 11.6 Å². The maximum absolute atomic E-state index is 12.2. The van der Waals surface area contributed by atoms with Gasteiger partial charge in [-0.25, -0.2) is 0 Å². The summed E-state index contributed by atoms with van der Waals surface area (Å²) in [6, 6.07) is 14.2. The number of hydrogen-bond acceptors (Lipinski definition) is 4. The highest BCUT2D eigenvalue weighted by Crippen LogP contribution is 2.19. The van der Waals surface area contributed by atoms with Gasteiger partial charge in [0, 0.05) is 29.8 Å². The Morgan fingerprint density at radius 3 is 1.88 bits per heavy atom. The fraction of sp³-hybridized carbons (Fsp3) is 0.211. The summed E-state index contributed by atoms with van der Waals surface area (Å²) in [6.45, 7) is 4.80. The first kappa shape index (κ1) is 16.7. The quantitative estimate of drug-likeness (QED) is 0.846. The van der Waals surface area contributed by atoms with Gasteiger partial charge in [-0.3, -0.25) is 25.4 Å². The van der Waals surface area contributed by atoms with E-state index in [1.54, 1.807) is 24.3 Å². The Bertz CT molecular complexity index is 810. The van der Waals surface area contributed by atoms with Gasteiger partial charge in [0.2, 0.25) is 0 Å². The third-order valence-electron chi connectivity index (χ3n) is 4.01. The van der Waals surface area contributed by atoms with Crippen molar-refractivity contribution in [3.05, 3.63) is 65.2 Å². The van der Waals surface area contributed by atoms with Crippen LogP contribution in [0.4, 0.5) is 5.69 Å². The van der Waals surface area contributed by atoms with Crippen LogP contribution in [0.25, 0.3) is 0 Å². The molecule has 0 radical (unpaired) electrons. The minimum atomic E-state index is -0.367. The number of rotatable bonds is 3. The van der Waals surface area contributed by atoms with Crippen molar-refractivity contribution >= 4 is 23.2 Å². The van der Waals surface area contributed by atoms with Crippen molar-refractivity contribution < 1.29 is 9.59 Å². The fourth-order valence-corrected chi connectivity index (χ4v) is 2.51. The highest BCUT2D eigenvalue weighted by Gasteiger charge is 2.14. The Hall–Kier alpha value is -3.15. The number of nitrogens with one attached hydrogen (secondary N) is 2. The first-order valence-corrected chi connectivity index (χ1v) is 8.12. The zero-order valence-electron chi connectivity index (χ0n) is 14.2. The van der Waals surface area contributed by atoms with Crippen molar-refractivity contribution in [2.45, 2.75) is 20.3 Å². The average molecular weight is 336 g/mol. The predicted molar refractivity (Wildman–Crippen MR) is 97.6 cm³/mol. The second-order valence-corrected chi connectivity index (χ2v) is 6.03. The predicted octanol–water partition coefficient (Wildman–Crippen LogP) is 2.66. The van der Waals surface area contributed by atoms with Gasteiger partial charge >= 0.3 is 0 Å². The Morgan fingerprint density at radius 2 is 1.40 bits per heavy atom. The number of amides is 2. The molecule has 0 aromatic heterocycles. The van der Waals surface area contributed by atoms with Crippen molar-refractivity contribution in [3.8, 4) is 0 Å². The number of hydrazine groups is 1. The molecule has 0 fully saturated rings. The van der Waals surface area contributed by atoms with Crippen LogP contribution in [0.1, 0.15) is 39.6 Å². The zero-order chi connectivity index (χ0) is 17.8. The molecule has 0 unspecified atom stereocenters. The highest BCUT2D eigenvalue weighted by molar-refractivity contribution is 5.99. The summed E-state index contributed by atoms with van der Waals surface area (Å²) >= 11 is 0. The van der Waals surface area contributed by atoms with Crippen LogP contribution in [0.15, 0.2) is 53.6 Å². The molecular formula is C19H20N4O2. The van der Waals surface area contributed by atoms with Gasteiger partial charge in [-0.15, -0.1) is 0 Å². The number of carbonyl (C=O) groups is 2. The van der Waals surface area contributed by atoms with Gasteiger partial charge < -0.3 is 0 Å². The Labute approximate surface area is 146 Å². The first-order chi connectivity index (χ1) is 12.0. The lowest BCUT2D eigenvalue weighted by Crippen LogP contribution is -2.41. The van der Waals surface area contributed by atoms with E-state index in [1.165, 1.54) is 0 Å². The minimum absolute atomic E-state index is 0.355. The van der Waals surface area contributed by atoms with Gasteiger partial charge in [0.05, 0.1) is 5.69 Å². The number of hydrogen-bond donors (Lipinski definition) is 2. The number of benzene rings is 2. The summed E-state index contributed by atoms with van der Waals surface area (Å²) < 4.78 is 0. The van der Waals surface area contributed by atoms with E-state index in [1.807, 2.05) is 43.1 Å². The van der Waals surface area contributed by atoms with Crippen molar-refractivity contribution in [2.24, 2.45) is 5.10 Å². The van der Waals surface area contributed by atoms with Crippen molar-refractivity contribution in [3.63, 3.8) is 0 Å². The van der Waals surface area contributed by atoms with E-state index in [2.05, 4.69) is 16.0 Å². The van der Waals surface area contributed by atoms with Crippen molar-refractivity contribution in [1.29, 1.82) is 0 Å². The van der Waals surface area contributed by atoms with E-state index in [0.717, 1.165) is 29.9 Å². The topological polar surface area (TPSA) is 73.8 Å². The molecule has 128 valence electrons. The smallest absolute Gasteiger partial charge is 0.267 e. The minimum Gasteiger partial charge on any atom is -0.267 e. The summed E-state index contributed by atoms with van der Waals surface area (Å²) in [5.41, 5.74) is 8.91. The van der Waals surface area contributed by atoms with E-state index in [4.69, 9.17) is 0 Å². The zero-order valence-corrected chi connectivity index (χ0v) is 14.2. The summed E-state index contributed by atoms with van der Waals surface area (Å²) in [6.07, 6.45) is 0.952. The van der Waals surface area contributed by atoms with Crippen LogP contribution < -0.4 is 15.9 Å². The largest absolute Gasteiger partial charge is 0.269 e. The lowest BCUT2D eigenvalue weighted by Gasteiger charge is -2.14. The average Bonchev–Trinajstić information content (AvgIpc) is 3.06. The molecule has 0 aliphatic carbocycles. The van der Waals surface area contributed by atoms with E-state index in [-0.39, 0.29) is 11.8 Å². The monoisotopic (exact) mass is 336 g/mol. The Kier molecular flexibility index (Phi) is 4.79. The molecule has 3 rings (SSSR count). The number of aryl methyl sites for hydroxylation is 1. The van der Waals surface area contributed by atoms with Crippen LogP contribution in [0.2, 0.25) is 0 Å².